The zero-order valence-electron chi connectivity index (χ0n) is 9.16. The van der Waals surface area contributed by atoms with Crippen LogP contribution in [0.4, 0.5) is 0 Å². The Kier molecular flexibility index (Phi) is 2.64. The topological polar surface area (TPSA) is 33.0 Å². The summed E-state index contributed by atoms with van der Waals surface area (Å²) < 4.78 is 5.33. The highest BCUT2D eigenvalue weighted by Gasteiger charge is 2.40. The van der Waals surface area contributed by atoms with Crippen molar-refractivity contribution in [1.29, 1.82) is 5.26 Å². The molecule has 2 nitrogen and oxygen atoms in total. The molecule has 0 radical (unpaired) electrons. The molecule has 1 saturated carbocycles. The summed E-state index contributed by atoms with van der Waals surface area (Å²) in [6, 6.07) is 8.61. The third kappa shape index (κ3) is 1.83. The maximum atomic E-state index is 8.84. The molecule has 2 rings (SSSR count). The van der Waals surface area contributed by atoms with Crippen molar-refractivity contribution in [3.63, 3.8) is 0 Å². The van der Waals surface area contributed by atoms with E-state index >= 15 is 0 Å². The lowest BCUT2D eigenvalue weighted by atomic mass is 10.0. The van der Waals surface area contributed by atoms with Gasteiger partial charge in [0.1, 0.15) is 5.75 Å². The number of aryl methyl sites for hydroxylation is 1. The highest BCUT2D eigenvalue weighted by atomic mass is 16.5. The largest absolute Gasteiger partial charge is 0.496 e. The van der Waals surface area contributed by atoms with Crippen LogP contribution in [0.3, 0.4) is 0 Å². The summed E-state index contributed by atoms with van der Waals surface area (Å²) in [5, 5.41) is 8.84. The summed E-state index contributed by atoms with van der Waals surface area (Å²) in [5.74, 6) is 1.53. The van der Waals surface area contributed by atoms with Crippen LogP contribution in [0.15, 0.2) is 18.2 Å². The van der Waals surface area contributed by atoms with Gasteiger partial charge in [0, 0.05) is 5.92 Å². The molecule has 2 unspecified atom stereocenters. The first-order valence-electron chi connectivity index (χ1n) is 5.36. The van der Waals surface area contributed by atoms with E-state index in [1.165, 1.54) is 11.1 Å². The maximum Gasteiger partial charge on any atom is 0.122 e. The number of nitrogens with zero attached hydrogens (tertiary/aromatic N) is 1. The average Bonchev–Trinajstić information content (AvgIpc) is 3.07. The lowest BCUT2D eigenvalue weighted by Gasteiger charge is -2.09. The minimum absolute atomic E-state index is 0.200. The molecule has 2 atom stereocenters. The van der Waals surface area contributed by atoms with Gasteiger partial charge in [0.15, 0.2) is 0 Å². The highest BCUT2D eigenvalue weighted by molar-refractivity contribution is 5.43. The zero-order valence-corrected chi connectivity index (χ0v) is 9.16. The summed E-state index contributed by atoms with van der Waals surface area (Å²) in [5.41, 5.74) is 2.53. The van der Waals surface area contributed by atoms with Crippen molar-refractivity contribution in [2.24, 2.45) is 5.92 Å². The molecule has 1 fully saturated rings. The Bertz CT molecular complexity index is 405. The molecule has 0 N–H and O–H groups in total. The zero-order chi connectivity index (χ0) is 10.8. The van der Waals surface area contributed by atoms with Crippen LogP contribution < -0.4 is 4.74 Å². The second-order valence-corrected chi connectivity index (χ2v) is 4.01. The van der Waals surface area contributed by atoms with Crippen molar-refractivity contribution in [3.8, 4) is 11.8 Å². The summed E-state index contributed by atoms with van der Waals surface area (Å²) in [6.07, 6.45) is 2.01. The van der Waals surface area contributed by atoms with Gasteiger partial charge in [-0.1, -0.05) is 19.1 Å². The molecular weight excluding hydrogens is 186 g/mol. The van der Waals surface area contributed by atoms with Crippen LogP contribution in [0.5, 0.6) is 5.75 Å². The van der Waals surface area contributed by atoms with Gasteiger partial charge in [-0.05, 0) is 30.0 Å². The van der Waals surface area contributed by atoms with E-state index < -0.39 is 0 Å². The maximum absolute atomic E-state index is 8.84. The molecule has 78 valence electrons. The molecule has 1 aliphatic rings. The fourth-order valence-corrected chi connectivity index (χ4v) is 1.97. The average molecular weight is 201 g/mol. The summed E-state index contributed by atoms with van der Waals surface area (Å²) in [7, 11) is 1.69. The van der Waals surface area contributed by atoms with Gasteiger partial charge in [0.25, 0.3) is 0 Å². The molecular formula is C13H15NO. The summed E-state index contributed by atoms with van der Waals surface area (Å²) >= 11 is 0. The van der Waals surface area contributed by atoms with Crippen molar-refractivity contribution in [1.82, 2.24) is 0 Å². The highest BCUT2D eigenvalue weighted by Crippen LogP contribution is 2.50. The number of hydrogen-bond donors (Lipinski definition) is 0. The van der Waals surface area contributed by atoms with Crippen LogP contribution in [0.25, 0.3) is 0 Å². The molecule has 0 bridgehead atoms. The lowest BCUT2D eigenvalue weighted by Crippen LogP contribution is -1.93. The van der Waals surface area contributed by atoms with E-state index in [2.05, 4.69) is 25.1 Å². The Labute approximate surface area is 90.5 Å². The quantitative estimate of drug-likeness (QED) is 0.753. The molecule has 15 heavy (non-hydrogen) atoms. The molecule has 1 aliphatic carbocycles. The smallest absolute Gasteiger partial charge is 0.122 e. The van der Waals surface area contributed by atoms with E-state index in [1.807, 2.05) is 6.07 Å². The minimum Gasteiger partial charge on any atom is -0.496 e. The standard InChI is InChI=1S/C13H15NO/c1-3-9-4-5-13(15-2)12(6-9)11-7-10(11)8-14/h4-6,10-11H,3,7H2,1-2H3. The van der Waals surface area contributed by atoms with Crippen molar-refractivity contribution in [3.05, 3.63) is 29.3 Å². The first-order chi connectivity index (χ1) is 7.30. The van der Waals surface area contributed by atoms with E-state index in [1.54, 1.807) is 7.11 Å². The molecule has 0 amide bonds. The molecule has 0 aliphatic heterocycles. The molecule has 0 heterocycles. The Hall–Kier alpha value is -1.49. The van der Waals surface area contributed by atoms with Crippen LogP contribution in [-0.2, 0) is 6.42 Å². The first kappa shape index (κ1) is 10.0. The van der Waals surface area contributed by atoms with Gasteiger partial charge in [0.2, 0.25) is 0 Å². The van der Waals surface area contributed by atoms with Gasteiger partial charge in [-0.15, -0.1) is 0 Å². The van der Waals surface area contributed by atoms with Crippen molar-refractivity contribution >= 4 is 0 Å². The fourth-order valence-electron chi connectivity index (χ4n) is 1.97. The van der Waals surface area contributed by atoms with Crippen LogP contribution in [0, 0.1) is 17.2 Å². The monoisotopic (exact) mass is 201 g/mol. The SMILES string of the molecule is CCc1ccc(OC)c(C2CC2C#N)c1. The van der Waals surface area contributed by atoms with Gasteiger partial charge in [-0.2, -0.15) is 5.26 Å². The van der Waals surface area contributed by atoms with E-state index in [4.69, 9.17) is 10.00 Å². The summed E-state index contributed by atoms with van der Waals surface area (Å²) in [4.78, 5) is 0. The van der Waals surface area contributed by atoms with Crippen LogP contribution in [-0.4, -0.2) is 7.11 Å². The van der Waals surface area contributed by atoms with Gasteiger partial charge < -0.3 is 4.74 Å². The molecule has 2 heteroatoms. The third-order valence-corrected chi connectivity index (χ3v) is 3.06. The Balaban J connectivity index is 2.32. The normalized spacial score (nSPS) is 23.3. The molecule has 0 spiro atoms. The van der Waals surface area contributed by atoms with Crippen LogP contribution >= 0.6 is 0 Å². The Morgan fingerprint density at radius 2 is 2.33 bits per heavy atom. The van der Waals surface area contributed by atoms with Gasteiger partial charge in [-0.3, -0.25) is 0 Å². The second kappa shape index (κ2) is 3.94. The molecule has 1 aromatic rings. The molecule has 0 saturated heterocycles. The van der Waals surface area contributed by atoms with Gasteiger partial charge >= 0.3 is 0 Å². The minimum atomic E-state index is 0.200. The summed E-state index contributed by atoms with van der Waals surface area (Å²) in [6.45, 7) is 2.14. The van der Waals surface area contributed by atoms with Crippen LogP contribution in [0.1, 0.15) is 30.4 Å². The Morgan fingerprint density at radius 3 is 2.87 bits per heavy atom. The van der Waals surface area contributed by atoms with E-state index in [0.29, 0.717) is 5.92 Å². The molecule has 0 aromatic heterocycles. The predicted molar refractivity (Wildman–Crippen MR) is 58.8 cm³/mol. The van der Waals surface area contributed by atoms with Crippen molar-refractivity contribution < 1.29 is 4.74 Å². The number of benzene rings is 1. The van der Waals surface area contributed by atoms with Gasteiger partial charge in [-0.25, -0.2) is 0 Å². The van der Waals surface area contributed by atoms with E-state index in [9.17, 15) is 0 Å². The van der Waals surface area contributed by atoms with Crippen molar-refractivity contribution in [2.45, 2.75) is 25.7 Å². The predicted octanol–water partition coefficient (Wildman–Crippen LogP) is 2.88. The fraction of sp³-hybridized carbons (Fsp3) is 0.462. The number of rotatable bonds is 3. The Morgan fingerprint density at radius 1 is 1.53 bits per heavy atom. The van der Waals surface area contributed by atoms with Crippen molar-refractivity contribution in [2.75, 3.05) is 7.11 Å². The number of nitriles is 1. The van der Waals surface area contributed by atoms with E-state index in [0.717, 1.165) is 18.6 Å². The number of hydrogen-bond acceptors (Lipinski definition) is 2. The second-order valence-electron chi connectivity index (χ2n) is 4.01. The lowest BCUT2D eigenvalue weighted by molar-refractivity contribution is 0.409. The molecule has 1 aromatic carbocycles. The number of methoxy groups -OCH3 is 1. The number of ether oxygens (including phenoxy) is 1. The van der Waals surface area contributed by atoms with Crippen LogP contribution in [0.2, 0.25) is 0 Å². The third-order valence-electron chi connectivity index (χ3n) is 3.06. The first-order valence-corrected chi connectivity index (χ1v) is 5.36. The van der Waals surface area contributed by atoms with E-state index in [-0.39, 0.29) is 5.92 Å². The van der Waals surface area contributed by atoms with Gasteiger partial charge in [0.05, 0.1) is 19.1 Å².